The molecule has 1 unspecified atom stereocenters. The summed E-state index contributed by atoms with van der Waals surface area (Å²) in [4.78, 5) is 0. The molecule has 0 aromatic heterocycles. The average molecular weight is 183 g/mol. The fourth-order valence-electron chi connectivity index (χ4n) is 0.477. The molecule has 0 aromatic rings. The zero-order chi connectivity index (χ0) is 7.44. The first-order chi connectivity index (χ1) is 4.09. The van der Waals surface area contributed by atoms with Gasteiger partial charge in [0, 0.05) is 0 Å². The molecule has 0 saturated heterocycles. The lowest BCUT2D eigenvalue weighted by Gasteiger charge is -2.10. The second-order valence-corrected chi connectivity index (χ2v) is 6.82. The Morgan fingerprint density at radius 2 is 2.11 bits per heavy atom. The summed E-state index contributed by atoms with van der Waals surface area (Å²) in [5.41, 5.74) is 0. The first kappa shape index (κ1) is 9.54. The van der Waals surface area contributed by atoms with Gasteiger partial charge in [-0.05, 0) is 5.92 Å². The normalized spacial score (nSPS) is 13.9. The Balaban J connectivity index is 3.73. The highest BCUT2D eigenvalue weighted by molar-refractivity contribution is 7.36. The minimum atomic E-state index is -1.59. The van der Waals surface area contributed by atoms with Crippen molar-refractivity contribution < 1.29 is 0 Å². The van der Waals surface area contributed by atoms with Crippen molar-refractivity contribution >= 4 is 29.6 Å². The molecule has 0 aromatic carbocycles. The van der Waals surface area contributed by atoms with Gasteiger partial charge in [0.05, 0.1) is 0 Å². The van der Waals surface area contributed by atoms with Gasteiger partial charge in [0.15, 0.2) is 0 Å². The summed E-state index contributed by atoms with van der Waals surface area (Å²) in [7, 11) is -1.59. The Morgan fingerprint density at radius 3 is 2.22 bits per heavy atom. The van der Waals surface area contributed by atoms with Crippen LogP contribution in [0.25, 0.3) is 0 Å². The summed E-state index contributed by atoms with van der Waals surface area (Å²) in [6.45, 7) is 8.04. The average Bonchev–Trinajstić information content (AvgIpc) is 1.84. The van der Waals surface area contributed by atoms with E-state index in [2.05, 4.69) is 20.4 Å². The van der Waals surface area contributed by atoms with Crippen molar-refractivity contribution in [1.29, 1.82) is 0 Å². The van der Waals surface area contributed by atoms with Crippen molar-refractivity contribution in [1.82, 2.24) is 0 Å². The summed E-state index contributed by atoms with van der Waals surface area (Å²) >= 11 is 11.4. The fourth-order valence-corrected chi connectivity index (χ4v) is 2.43. The molecule has 1 atom stereocenters. The molecule has 54 valence electrons. The Kier molecular flexibility index (Phi) is 4.63. The van der Waals surface area contributed by atoms with Crippen molar-refractivity contribution in [3.63, 3.8) is 0 Å². The van der Waals surface area contributed by atoms with Gasteiger partial charge in [-0.25, -0.2) is 0 Å². The third-order valence-corrected chi connectivity index (χ3v) is 4.34. The van der Waals surface area contributed by atoms with E-state index in [1.54, 1.807) is 0 Å². The largest absolute Gasteiger partial charge is 0.262 e. The minimum absolute atomic E-state index is 0.497. The quantitative estimate of drug-likeness (QED) is 0.466. The molecule has 0 radical (unpaired) electrons. The highest BCUT2D eigenvalue weighted by Gasteiger charge is 2.12. The van der Waals surface area contributed by atoms with E-state index in [0.29, 0.717) is 5.92 Å². The van der Waals surface area contributed by atoms with Crippen LogP contribution in [-0.4, -0.2) is 7.42 Å². The summed E-state index contributed by atoms with van der Waals surface area (Å²) in [6, 6.07) is 0. The van der Waals surface area contributed by atoms with Gasteiger partial charge in [-0.15, -0.1) is 28.7 Å². The summed E-state index contributed by atoms with van der Waals surface area (Å²) in [5, 5.41) is 1.06. The van der Waals surface area contributed by atoms with E-state index in [1.165, 1.54) is 0 Å². The molecule has 0 aliphatic carbocycles. The van der Waals surface area contributed by atoms with E-state index >= 15 is 0 Å². The molecule has 0 spiro atoms. The number of hydrogen-bond acceptors (Lipinski definition) is 0. The third kappa shape index (κ3) is 3.29. The standard InChI is InChI=1S/C6H12Cl2Si/c1-4-5(2)6(3)9(7)8/h5,9H,3-4H2,1-2H3. The maximum atomic E-state index is 5.71. The minimum Gasteiger partial charge on any atom is -0.145 e. The first-order valence-electron chi connectivity index (χ1n) is 3.06. The smallest absolute Gasteiger partial charge is 0.145 e. The van der Waals surface area contributed by atoms with E-state index in [-0.39, 0.29) is 0 Å². The monoisotopic (exact) mass is 182 g/mol. The van der Waals surface area contributed by atoms with E-state index in [4.69, 9.17) is 22.2 Å². The van der Waals surface area contributed by atoms with Crippen LogP contribution in [0.5, 0.6) is 0 Å². The van der Waals surface area contributed by atoms with Crippen molar-refractivity contribution in [3.8, 4) is 0 Å². The van der Waals surface area contributed by atoms with Crippen LogP contribution in [0.1, 0.15) is 20.3 Å². The molecular formula is C6H12Cl2Si. The molecule has 0 aliphatic heterocycles. The molecule has 0 rings (SSSR count). The Morgan fingerprint density at radius 1 is 1.67 bits per heavy atom. The number of halogens is 2. The number of hydrogen-bond donors (Lipinski definition) is 0. The van der Waals surface area contributed by atoms with Crippen LogP contribution in [0.2, 0.25) is 0 Å². The van der Waals surface area contributed by atoms with E-state index < -0.39 is 7.42 Å². The summed E-state index contributed by atoms with van der Waals surface area (Å²) in [6.07, 6.45) is 1.09. The molecular weight excluding hydrogens is 171 g/mol. The molecule has 0 nitrogen and oxygen atoms in total. The maximum absolute atomic E-state index is 5.71. The van der Waals surface area contributed by atoms with Gasteiger partial charge in [-0.1, -0.05) is 25.5 Å². The van der Waals surface area contributed by atoms with Crippen LogP contribution in [0.3, 0.4) is 0 Å². The van der Waals surface area contributed by atoms with Crippen LogP contribution >= 0.6 is 22.2 Å². The number of allylic oxidation sites excluding steroid dienone is 1. The lowest BCUT2D eigenvalue weighted by atomic mass is 10.1. The topological polar surface area (TPSA) is 0 Å². The lowest BCUT2D eigenvalue weighted by molar-refractivity contribution is 0.685. The molecule has 0 aliphatic rings. The summed E-state index contributed by atoms with van der Waals surface area (Å²) < 4.78 is 0. The highest BCUT2D eigenvalue weighted by Crippen LogP contribution is 2.19. The molecule has 0 amide bonds. The van der Waals surface area contributed by atoms with Gasteiger partial charge >= 0.3 is 0 Å². The second kappa shape index (κ2) is 4.37. The van der Waals surface area contributed by atoms with Gasteiger partial charge in [-0.3, -0.25) is 0 Å². The molecule has 3 heteroatoms. The third-order valence-electron chi connectivity index (χ3n) is 1.53. The van der Waals surface area contributed by atoms with Crippen molar-refractivity contribution in [2.24, 2.45) is 5.92 Å². The molecule has 0 bridgehead atoms. The Hall–Kier alpha value is 0.537. The van der Waals surface area contributed by atoms with E-state index in [0.717, 1.165) is 11.6 Å². The van der Waals surface area contributed by atoms with Crippen LogP contribution < -0.4 is 0 Å². The summed E-state index contributed by atoms with van der Waals surface area (Å²) in [5.74, 6) is 0.497. The maximum Gasteiger partial charge on any atom is 0.262 e. The van der Waals surface area contributed by atoms with Gasteiger partial charge in [-0.2, -0.15) is 0 Å². The fraction of sp³-hybridized carbons (Fsp3) is 0.667. The Labute approximate surface area is 67.9 Å². The van der Waals surface area contributed by atoms with Crippen LogP contribution in [-0.2, 0) is 0 Å². The predicted octanol–water partition coefficient (Wildman–Crippen LogP) is 2.83. The number of rotatable bonds is 3. The van der Waals surface area contributed by atoms with Gasteiger partial charge < -0.3 is 0 Å². The second-order valence-electron chi connectivity index (χ2n) is 2.18. The zero-order valence-electron chi connectivity index (χ0n) is 5.82. The molecule has 0 saturated carbocycles. The first-order valence-corrected chi connectivity index (χ1v) is 7.13. The van der Waals surface area contributed by atoms with E-state index in [9.17, 15) is 0 Å². The predicted molar refractivity (Wildman–Crippen MR) is 47.5 cm³/mol. The molecule has 0 N–H and O–H groups in total. The molecule has 9 heavy (non-hydrogen) atoms. The van der Waals surface area contributed by atoms with Gasteiger partial charge in [0.2, 0.25) is 0 Å². The molecule has 0 heterocycles. The van der Waals surface area contributed by atoms with Gasteiger partial charge in [0.1, 0.15) is 0 Å². The SMILES string of the molecule is C=C(C(C)CC)[SiH](Cl)Cl. The van der Waals surface area contributed by atoms with Crippen LogP contribution in [0, 0.1) is 5.92 Å². The van der Waals surface area contributed by atoms with E-state index in [1.807, 2.05) is 0 Å². The van der Waals surface area contributed by atoms with Crippen LogP contribution in [0.15, 0.2) is 11.8 Å². The Bertz CT molecular complexity index is 101. The molecule has 0 fully saturated rings. The lowest BCUT2D eigenvalue weighted by Crippen LogP contribution is -2.07. The van der Waals surface area contributed by atoms with Crippen molar-refractivity contribution in [3.05, 3.63) is 11.8 Å². The zero-order valence-corrected chi connectivity index (χ0v) is 8.49. The van der Waals surface area contributed by atoms with Crippen molar-refractivity contribution in [2.45, 2.75) is 20.3 Å². The van der Waals surface area contributed by atoms with Gasteiger partial charge in [0.25, 0.3) is 7.42 Å². The van der Waals surface area contributed by atoms with Crippen molar-refractivity contribution in [2.75, 3.05) is 0 Å². The van der Waals surface area contributed by atoms with Crippen LogP contribution in [0.4, 0.5) is 0 Å². The highest BCUT2D eigenvalue weighted by atomic mass is 35.7.